The van der Waals surface area contributed by atoms with E-state index in [4.69, 9.17) is 11.6 Å². The fraction of sp³-hybridized carbons (Fsp3) is 0.550. The smallest absolute Gasteiger partial charge is 0.282 e. The van der Waals surface area contributed by atoms with Gasteiger partial charge in [0.15, 0.2) is 0 Å². The zero-order valence-electron chi connectivity index (χ0n) is 16.7. The van der Waals surface area contributed by atoms with E-state index in [9.17, 15) is 13.2 Å². The van der Waals surface area contributed by atoms with Crippen LogP contribution in [0.3, 0.4) is 0 Å². The normalized spacial score (nSPS) is 20.1. The number of halogens is 1. The fourth-order valence-electron chi connectivity index (χ4n) is 4.32. The van der Waals surface area contributed by atoms with Crippen LogP contribution in [0.5, 0.6) is 0 Å². The first-order valence-corrected chi connectivity index (χ1v) is 12.0. The Bertz CT molecular complexity index is 1010. The molecule has 0 saturated carbocycles. The average molecular weight is 439 g/mol. The topological polar surface area (TPSA) is 65.9 Å². The van der Waals surface area contributed by atoms with E-state index in [1.807, 2.05) is 35.9 Å². The molecule has 1 amide bonds. The molecule has 2 aromatic rings. The molecule has 0 unspecified atom stereocenters. The summed E-state index contributed by atoms with van der Waals surface area (Å²) in [5, 5.41) is 1.53. The predicted octanol–water partition coefficient (Wildman–Crippen LogP) is 2.71. The van der Waals surface area contributed by atoms with Gasteiger partial charge in [-0.2, -0.15) is 17.0 Å². The molecule has 2 aliphatic heterocycles. The average Bonchev–Trinajstić information content (AvgIpc) is 2.90. The van der Waals surface area contributed by atoms with Crippen LogP contribution in [0, 0.1) is 0 Å². The molecule has 9 heteroatoms. The van der Waals surface area contributed by atoms with Crippen LogP contribution in [0.25, 0.3) is 10.9 Å². The lowest BCUT2D eigenvalue weighted by Gasteiger charge is -2.31. The number of aromatic nitrogens is 1. The SMILES string of the molecule is Cn1c(C(=O)N2CCCN(S(=O)(=O)N3CCCCC3)CC2)cc2cccc(Cl)c21. The number of hydrogen-bond acceptors (Lipinski definition) is 3. The quantitative estimate of drug-likeness (QED) is 0.740. The molecule has 0 N–H and O–H groups in total. The summed E-state index contributed by atoms with van der Waals surface area (Å²) in [6, 6.07) is 7.48. The summed E-state index contributed by atoms with van der Waals surface area (Å²) >= 11 is 6.31. The number of amides is 1. The van der Waals surface area contributed by atoms with Crippen molar-refractivity contribution in [3.63, 3.8) is 0 Å². The van der Waals surface area contributed by atoms with E-state index < -0.39 is 10.2 Å². The van der Waals surface area contributed by atoms with Gasteiger partial charge in [0, 0.05) is 51.7 Å². The Balaban J connectivity index is 1.51. The zero-order chi connectivity index (χ0) is 20.6. The fourth-order valence-corrected chi connectivity index (χ4v) is 6.35. The van der Waals surface area contributed by atoms with Crippen molar-refractivity contribution in [2.45, 2.75) is 25.7 Å². The highest BCUT2D eigenvalue weighted by Gasteiger charge is 2.33. The molecule has 2 saturated heterocycles. The Kier molecular flexibility index (Phi) is 5.88. The van der Waals surface area contributed by atoms with Gasteiger partial charge in [-0.25, -0.2) is 0 Å². The highest BCUT2D eigenvalue weighted by Crippen LogP contribution is 2.27. The van der Waals surface area contributed by atoms with Gasteiger partial charge in [-0.1, -0.05) is 30.2 Å². The number of benzene rings is 1. The summed E-state index contributed by atoms with van der Waals surface area (Å²) < 4.78 is 30.9. The first-order chi connectivity index (χ1) is 13.9. The molecule has 0 atom stereocenters. The van der Waals surface area contributed by atoms with Crippen molar-refractivity contribution in [1.82, 2.24) is 18.1 Å². The van der Waals surface area contributed by atoms with Crippen LogP contribution in [0.2, 0.25) is 5.02 Å². The van der Waals surface area contributed by atoms with Crippen molar-refractivity contribution in [3.05, 3.63) is 35.0 Å². The van der Waals surface area contributed by atoms with E-state index in [-0.39, 0.29) is 5.91 Å². The Morgan fingerprint density at radius 2 is 1.62 bits per heavy atom. The number of nitrogens with zero attached hydrogens (tertiary/aromatic N) is 4. The number of rotatable bonds is 3. The monoisotopic (exact) mass is 438 g/mol. The van der Waals surface area contributed by atoms with Gasteiger partial charge in [-0.3, -0.25) is 4.79 Å². The summed E-state index contributed by atoms with van der Waals surface area (Å²) in [6.45, 7) is 2.90. The highest BCUT2D eigenvalue weighted by molar-refractivity contribution is 7.86. The van der Waals surface area contributed by atoms with Crippen molar-refractivity contribution < 1.29 is 13.2 Å². The standard InChI is InChI=1S/C20H27ClN4O3S/c1-22-18(15-16-7-5-8-17(21)19(16)22)20(26)23-9-6-12-25(14-13-23)29(27,28)24-10-3-2-4-11-24/h5,7-8,15H,2-4,6,9-14H2,1H3. The van der Waals surface area contributed by atoms with Gasteiger partial charge in [0.05, 0.1) is 10.5 Å². The summed E-state index contributed by atoms with van der Waals surface area (Å²) in [5.41, 5.74) is 1.40. The number of carbonyl (C=O) groups excluding carboxylic acids is 1. The number of piperidine rings is 1. The molecular formula is C20H27ClN4O3S. The van der Waals surface area contributed by atoms with E-state index in [0.717, 1.165) is 30.2 Å². The molecule has 3 heterocycles. The van der Waals surface area contributed by atoms with Crippen LogP contribution in [-0.2, 0) is 17.3 Å². The maximum atomic E-state index is 13.2. The Hall–Kier alpha value is -1.61. The molecule has 2 aliphatic rings. The van der Waals surface area contributed by atoms with Crippen LogP contribution in [0.15, 0.2) is 24.3 Å². The molecule has 0 spiro atoms. The molecule has 7 nitrogen and oxygen atoms in total. The summed E-state index contributed by atoms with van der Waals surface area (Å²) in [5.74, 6) is -0.0861. The predicted molar refractivity (Wildman–Crippen MR) is 114 cm³/mol. The van der Waals surface area contributed by atoms with E-state index in [1.54, 1.807) is 13.5 Å². The summed E-state index contributed by atoms with van der Waals surface area (Å²) in [7, 11) is -1.61. The molecular weight excluding hydrogens is 412 g/mol. The van der Waals surface area contributed by atoms with Gasteiger partial charge in [-0.15, -0.1) is 0 Å². The van der Waals surface area contributed by atoms with Crippen molar-refractivity contribution in [2.75, 3.05) is 39.3 Å². The second-order valence-electron chi connectivity index (χ2n) is 7.78. The zero-order valence-corrected chi connectivity index (χ0v) is 18.3. The lowest BCUT2D eigenvalue weighted by molar-refractivity contribution is 0.0755. The number of fused-ring (bicyclic) bond motifs is 1. The van der Waals surface area contributed by atoms with Gasteiger partial charge in [0.2, 0.25) is 0 Å². The van der Waals surface area contributed by atoms with Gasteiger partial charge in [0.25, 0.3) is 16.1 Å². The Morgan fingerprint density at radius 1 is 0.931 bits per heavy atom. The summed E-state index contributed by atoms with van der Waals surface area (Å²) in [6.07, 6.45) is 3.55. The van der Waals surface area contributed by atoms with Gasteiger partial charge < -0.3 is 9.47 Å². The lowest BCUT2D eigenvalue weighted by atomic mass is 10.2. The number of carbonyl (C=O) groups is 1. The third-order valence-electron chi connectivity index (χ3n) is 5.94. The highest BCUT2D eigenvalue weighted by atomic mass is 35.5. The van der Waals surface area contributed by atoms with Crippen LogP contribution in [-0.4, -0.2) is 71.7 Å². The maximum Gasteiger partial charge on any atom is 0.282 e. The largest absolute Gasteiger partial charge is 0.338 e. The van der Waals surface area contributed by atoms with E-state index >= 15 is 0 Å². The number of aryl methyl sites for hydroxylation is 1. The van der Waals surface area contributed by atoms with Crippen molar-refractivity contribution in [2.24, 2.45) is 7.05 Å². The van der Waals surface area contributed by atoms with Gasteiger partial charge in [-0.05, 0) is 31.4 Å². The minimum absolute atomic E-state index is 0.0861. The molecule has 2 fully saturated rings. The van der Waals surface area contributed by atoms with Crippen LogP contribution in [0.4, 0.5) is 0 Å². The van der Waals surface area contributed by atoms with Crippen LogP contribution < -0.4 is 0 Å². The van der Waals surface area contributed by atoms with E-state index in [2.05, 4.69) is 0 Å². The first kappa shape index (κ1) is 20.7. The van der Waals surface area contributed by atoms with Gasteiger partial charge in [0.1, 0.15) is 5.69 Å². The molecule has 0 aliphatic carbocycles. The Labute approximate surface area is 177 Å². The molecule has 4 rings (SSSR count). The molecule has 0 bridgehead atoms. The van der Waals surface area contributed by atoms with Crippen molar-refractivity contribution in [3.8, 4) is 0 Å². The van der Waals surface area contributed by atoms with Crippen molar-refractivity contribution >= 4 is 38.6 Å². The lowest BCUT2D eigenvalue weighted by Crippen LogP contribution is -2.47. The van der Waals surface area contributed by atoms with Gasteiger partial charge >= 0.3 is 0 Å². The van der Waals surface area contributed by atoms with Crippen molar-refractivity contribution in [1.29, 1.82) is 0 Å². The summed E-state index contributed by atoms with van der Waals surface area (Å²) in [4.78, 5) is 15.0. The molecule has 158 valence electrons. The van der Waals surface area contributed by atoms with Crippen LogP contribution in [0.1, 0.15) is 36.2 Å². The third kappa shape index (κ3) is 3.91. The molecule has 29 heavy (non-hydrogen) atoms. The second-order valence-corrected chi connectivity index (χ2v) is 10.1. The van der Waals surface area contributed by atoms with E-state index in [1.165, 1.54) is 0 Å². The number of para-hydroxylation sites is 1. The van der Waals surface area contributed by atoms with E-state index in [0.29, 0.717) is 56.4 Å². The first-order valence-electron chi connectivity index (χ1n) is 10.2. The maximum absolute atomic E-state index is 13.2. The molecule has 0 radical (unpaired) electrons. The van der Waals surface area contributed by atoms with Crippen LogP contribution >= 0.6 is 11.6 Å². The third-order valence-corrected chi connectivity index (χ3v) is 8.28. The second kappa shape index (κ2) is 8.26. The minimum Gasteiger partial charge on any atom is -0.338 e. The Morgan fingerprint density at radius 3 is 2.34 bits per heavy atom. The molecule has 1 aromatic heterocycles. The number of hydrogen-bond donors (Lipinski definition) is 0. The minimum atomic E-state index is -3.45. The molecule has 1 aromatic carbocycles.